The Morgan fingerprint density at radius 2 is 1.80 bits per heavy atom. The summed E-state index contributed by atoms with van der Waals surface area (Å²) in [7, 11) is 3.81. The van der Waals surface area contributed by atoms with Crippen molar-refractivity contribution < 1.29 is 4.74 Å². The Kier molecular flexibility index (Phi) is 7.69. The second-order valence-electron chi connectivity index (χ2n) is 4.97. The molecule has 0 bridgehead atoms. The van der Waals surface area contributed by atoms with Gasteiger partial charge >= 0.3 is 6.01 Å². The highest BCUT2D eigenvalue weighted by Gasteiger charge is 2.08. The molecule has 6 heteroatoms. The maximum absolute atomic E-state index is 5.64. The third kappa shape index (κ3) is 6.04. The summed E-state index contributed by atoms with van der Waals surface area (Å²) >= 11 is 0. The summed E-state index contributed by atoms with van der Waals surface area (Å²) in [6, 6.07) is 0.402. The van der Waals surface area contributed by atoms with E-state index >= 15 is 0 Å². The van der Waals surface area contributed by atoms with Gasteiger partial charge in [-0.3, -0.25) is 0 Å². The predicted molar refractivity (Wildman–Crippen MR) is 82.6 cm³/mol. The number of anilines is 2. The average Bonchev–Trinajstić information content (AvgIpc) is 2.44. The largest absolute Gasteiger partial charge is 0.463 e. The lowest BCUT2D eigenvalue weighted by molar-refractivity contribution is 0.281. The minimum Gasteiger partial charge on any atom is -0.463 e. The van der Waals surface area contributed by atoms with E-state index in [-0.39, 0.29) is 0 Å². The van der Waals surface area contributed by atoms with Gasteiger partial charge in [-0.25, -0.2) is 0 Å². The van der Waals surface area contributed by atoms with Crippen molar-refractivity contribution in [2.24, 2.45) is 0 Å². The number of hydrogen-bond donors (Lipinski definition) is 1. The lowest BCUT2D eigenvalue weighted by Crippen LogP contribution is -2.16. The standard InChI is InChI=1S/C14H27N5O/c1-5-7-8-9-11-20-14-17-12(15-10-6-2)16-13(18-14)19(3)4/h5-11H2,1-4H3,(H,15,16,17,18). The van der Waals surface area contributed by atoms with E-state index < -0.39 is 0 Å². The molecule has 114 valence electrons. The van der Waals surface area contributed by atoms with Crippen molar-refractivity contribution in [1.29, 1.82) is 0 Å². The van der Waals surface area contributed by atoms with Crippen LogP contribution in [0.15, 0.2) is 0 Å². The molecule has 0 aliphatic heterocycles. The van der Waals surface area contributed by atoms with E-state index in [1.807, 2.05) is 19.0 Å². The summed E-state index contributed by atoms with van der Waals surface area (Å²) in [6.07, 6.45) is 5.71. The number of rotatable bonds is 10. The number of ether oxygens (including phenoxy) is 1. The summed E-state index contributed by atoms with van der Waals surface area (Å²) in [5, 5.41) is 3.17. The topological polar surface area (TPSA) is 63.2 Å². The molecule has 0 spiro atoms. The highest BCUT2D eigenvalue weighted by Crippen LogP contribution is 2.13. The first kappa shape index (κ1) is 16.5. The third-order valence-electron chi connectivity index (χ3n) is 2.77. The van der Waals surface area contributed by atoms with E-state index in [1.54, 1.807) is 0 Å². The first-order valence-electron chi connectivity index (χ1n) is 7.47. The van der Waals surface area contributed by atoms with Gasteiger partial charge in [-0.1, -0.05) is 33.1 Å². The maximum atomic E-state index is 5.64. The highest BCUT2D eigenvalue weighted by molar-refractivity contribution is 5.36. The molecular formula is C14H27N5O. The minimum absolute atomic E-state index is 0.402. The number of nitrogens with zero attached hydrogens (tertiary/aromatic N) is 4. The fourth-order valence-electron chi connectivity index (χ4n) is 1.62. The molecule has 0 fully saturated rings. The van der Waals surface area contributed by atoms with Gasteiger partial charge in [-0.05, 0) is 12.8 Å². The monoisotopic (exact) mass is 281 g/mol. The van der Waals surface area contributed by atoms with Gasteiger partial charge in [0.25, 0.3) is 0 Å². The quantitative estimate of drug-likeness (QED) is 0.665. The molecule has 0 aliphatic carbocycles. The van der Waals surface area contributed by atoms with Crippen molar-refractivity contribution in [2.45, 2.75) is 46.0 Å². The van der Waals surface area contributed by atoms with Crippen molar-refractivity contribution >= 4 is 11.9 Å². The van der Waals surface area contributed by atoms with E-state index in [9.17, 15) is 0 Å². The molecular weight excluding hydrogens is 254 g/mol. The third-order valence-corrected chi connectivity index (χ3v) is 2.77. The van der Waals surface area contributed by atoms with Crippen molar-refractivity contribution in [3.05, 3.63) is 0 Å². The van der Waals surface area contributed by atoms with Crippen LogP contribution in [0.5, 0.6) is 6.01 Å². The van der Waals surface area contributed by atoms with Crippen LogP contribution in [0.25, 0.3) is 0 Å². The first-order chi connectivity index (χ1) is 9.67. The molecule has 0 atom stereocenters. The Hall–Kier alpha value is -1.59. The molecule has 1 aromatic heterocycles. The second kappa shape index (κ2) is 9.34. The molecule has 0 aliphatic rings. The van der Waals surface area contributed by atoms with Gasteiger partial charge in [0.15, 0.2) is 0 Å². The van der Waals surface area contributed by atoms with Crippen molar-refractivity contribution in [3.8, 4) is 6.01 Å². The molecule has 20 heavy (non-hydrogen) atoms. The molecule has 1 N–H and O–H groups in total. The Labute approximate surface area is 122 Å². The van der Waals surface area contributed by atoms with Gasteiger partial charge in [-0.2, -0.15) is 15.0 Å². The van der Waals surface area contributed by atoms with Gasteiger partial charge in [0.05, 0.1) is 6.61 Å². The van der Waals surface area contributed by atoms with Gasteiger partial charge in [0.1, 0.15) is 0 Å². The van der Waals surface area contributed by atoms with E-state index in [4.69, 9.17) is 4.74 Å². The van der Waals surface area contributed by atoms with Crippen LogP contribution in [0, 0.1) is 0 Å². The van der Waals surface area contributed by atoms with Crippen LogP contribution in [0.2, 0.25) is 0 Å². The maximum Gasteiger partial charge on any atom is 0.323 e. The first-order valence-corrected chi connectivity index (χ1v) is 7.47. The van der Waals surface area contributed by atoms with Gasteiger partial charge in [-0.15, -0.1) is 0 Å². The van der Waals surface area contributed by atoms with Crippen LogP contribution < -0.4 is 15.0 Å². The lowest BCUT2D eigenvalue weighted by Gasteiger charge is -2.13. The van der Waals surface area contributed by atoms with Crippen molar-refractivity contribution in [3.63, 3.8) is 0 Å². The van der Waals surface area contributed by atoms with Crippen LogP contribution in [-0.2, 0) is 0 Å². The number of hydrogen-bond acceptors (Lipinski definition) is 6. The summed E-state index contributed by atoms with van der Waals surface area (Å²) in [5.41, 5.74) is 0. The molecule has 0 unspecified atom stereocenters. The van der Waals surface area contributed by atoms with E-state index in [0.717, 1.165) is 19.4 Å². The second-order valence-corrected chi connectivity index (χ2v) is 4.97. The van der Waals surface area contributed by atoms with E-state index in [2.05, 4.69) is 34.1 Å². The van der Waals surface area contributed by atoms with Crippen LogP contribution in [-0.4, -0.2) is 42.2 Å². The van der Waals surface area contributed by atoms with Crippen LogP contribution in [0.3, 0.4) is 0 Å². The zero-order chi connectivity index (χ0) is 14.8. The Balaban J connectivity index is 2.60. The Bertz CT molecular complexity index is 384. The molecule has 0 aromatic carbocycles. The Morgan fingerprint density at radius 1 is 1.00 bits per heavy atom. The molecule has 1 rings (SSSR count). The molecule has 1 aromatic rings. The minimum atomic E-state index is 0.402. The normalized spacial score (nSPS) is 10.4. The fourth-order valence-corrected chi connectivity index (χ4v) is 1.62. The Morgan fingerprint density at radius 3 is 2.45 bits per heavy atom. The summed E-state index contributed by atoms with van der Waals surface area (Å²) < 4.78 is 5.64. The van der Waals surface area contributed by atoms with Crippen molar-refractivity contribution in [2.75, 3.05) is 37.5 Å². The van der Waals surface area contributed by atoms with Gasteiger partial charge < -0.3 is 15.0 Å². The number of aromatic nitrogens is 3. The molecule has 6 nitrogen and oxygen atoms in total. The van der Waals surface area contributed by atoms with Gasteiger partial charge in [0, 0.05) is 20.6 Å². The molecule has 0 saturated carbocycles. The smallest absolute Gasteiger partial charge is 0.323 e. The van der Waals surface area contributed by atoms with Crippen LogP contribution in [0.1, 0.15) is 46.0 Å². The number of unbranched alkanes of at least 4 members (excludes halogenated alkanes) is 3. The zero-order valence-electron chi connectivity index (χ0n) is 13.1. The SMILES string of the molecule is CCCCCCOc1nc(NCCC)nc(N(C)C)n1. The zero-order valence-corrected chi connectivity index (χ0v) is 13.1. The highest BCUT2D eigenvalue weighted by atomic mass is 16.5. The molecule has 1 heterocycles. The molecule has 0 amide bonds. The summed E-state index contributed by atoms with van der Waals surface area (Å²) in [6.45, 7) is 5.80. The van der Waals surface area contributed by atoms with Gasteiger partial charge in [0.2, 0.25) is 11.9 Å². The summed E-state index contributed by atoms with van der Waals surface area (Å²) in [4.78, 5) is 14.8. The number of nitrogens with one attached hydrogen (secondary N) is 1. The average molecular weight is 281 g/mol. The van der Waals surface area contributed by atoms with Crippen LogP contribution >= 0.6 is 0 Å². The predicted octanol–water partition coefficient (Wildman–Crippen LogP) is 2.72. The van der Waals surface area contributed by atoms with Crippen LogP contribution in [0.4, 0.5) is 11.9 Å². The lowest BCUT2D eigenvalue weighted by atomic mass is 10.2. The molecule has 0 radical (unpaired) electrons. The van der Waals surface area contributed by atoms with E-state index in [0.29, 0.717) is 24.5 Å². The molecule has 0 saturated heterocycles. The van der Waals surface area contributed by atoms with Crippen molar-refractivity contribution in [1.82, 2.24) is 15.0 Å². The fraction of sp³-hybridized carbons (Fsp3) is 0.786. The van der Waals surface area contributed by atoms with E-state index in [1.165, 1.54) is 19.3 Å². The summed E-state index contributed by atoms with van der Waals surface area (Å²) in [5.74, 6) is 1.19.